The van der Waals surface area contributed by atoms with Crippen LogP contribution in [0.5, 0.6) is 5.75 Å². The molecular formula is C46H55FN6O7. The molecule has 0 aliphatic carbocycles. The molecule has 7 rings (SSSR count). The van der Waals surface area contributed by atoms with Gasteiger partial charge < -0.3 is 33.6 Å². The van der Waals surface area contributed by atoms with Gasteiger partial charge in [-0.3, -0.25) is 4.79 Å². The summed E-state index contributed by atoms with van der Waals surface area (Å²) in [6, 6.07) is 15.5. The molecule has 0 N–H and O–H groups in total. The summed E-state index contributed by atoms with van der Waals surface area (Å²) < 4.78 is 41.2. The number of hydrogen-bond donors (Lipinski definition) is 0. The van der Waals surface area contributed by atoms with Gasteiger partial charge in [0.25, 0.3) is 0 Å². The van der Waals surface area contributed by atoms with Gasteiger partial charge in [0.1, 0.15) is 28.2 Å². The van der Waals surface area contributed by atoms with E-state index in [1.54, 1.807) is 47.6 Å². The van der Waals surface area contributed by atoms with Crippen molar-refractivity contribution in [3.8, 4) is 22.9 Å². The average molecular weight is 823 g/mol. The highest BCUT2D eigenvalue weighted by Crippen LogP contribution is 2.55. The fraction of sp³-hybridized carbons (Fsp3) is 0.500. The monoisotopic (exact) mass is 822 g/mol. The lowest BCUT2D eigenvalue weighted by atomic mass is 9.73. The Bertz CT molecular complexity index is 2390. The fourth-order valence-electron chi connectivity index (χ4n) is 8.63. The number of pyridine rings is 1. The van der Waals surface area contributed by atoms with Gasteiger partial charge in [0.05, 0.1) is 11.5 Å². The number of anilines is 2. The first-order chi connectivity index (χ1) is 28.4. The average Bonchev–Trinajstić information content (AvgIpc) is 3.39. The van der Waals surface area contributed by atoms with E-state index in [0.717, 1.165) is 15.7 Å². The molecule has 2 saturated heterocycles. The lowest BCUT2D eigenvalue weighted by Crippen LogP contribution is -2.58. The number of likely N-dealkylation sites (tertiary alicyclic amines) is 1. The number of aryl methyl sites for hydroxylation is 1. The second-order valence-corrected chi connectivity index (χ2v) is 18.3. The van der Waals surface area contributed by atoms with E-state index in [2.05, 4.69) is 11.0 Å². The molecule has 0 bridgehead atoms. The number of ether oxygens (including phenoxy) is 4. The van der Waals surface area contributed by atoms with Crippen LogP contribution in [0.15, 0.2) is 42.5 Å². The van der Waals surface area contributed by atoms with Crippen LogP contribution in [0.3, 0.4) is 0 Å². The third-order valence-corrected chi connectivity index (χ3v) is 11.4. The lowest BCUT2D eigenvalue weighted by Gasteiger charge is -2.44. The molecule has 1 atom stereocenters. The number of carbonyl (C=O) groups excluding carboxylic acids is 3. The first-order valence-electron chi connectivity index (χ1n) is 20.6. The molecule has 3 aliphatic rings. The van der Waals surface area contributed by atoms with Gasteiger partial charge >= 0.3 is 12.2 Å². The zero-order valence-electron chi connectivity index (χ0n) is 36.1. The number of benzene rings is 3. The van der Waals surface area contributed by atoms with Crippen LogP contribution in [0.25, 0.3) is 32.8 Å². The van der Waals surface area contributed by atoms with Gasteiger partial charge in [0.15, 0.2) is 18.4 Å². The predicted molar refractivity (Wildman–Crippen MR) is 228 cm³/mol. The van der Waals surface area contributed by atoms with Crippen molar-refractivity contribution in [1.29, 1.82) is 5.26 Å². The number of aromatic nitrogens is 1. The first kappa shape index (κ1) is 42.6. The number of fused-ring (bicyclic) bond motifs is 5. The number of nitriles is 1. The van der Waals surface area contributed by atoms with E-state index >= 15 is 9.18 Å². The smallest absolute Gasteiger partial charge is 0.421 e. The molecular weight excluding hydrogens is 768 g/mol. The number of rotatable bonds is 9. The quantitative estimate of drug-likeness (QED) is 0.119. The van der Waals surface area contributed by atoms with Gasteiger partial charge in [-0.15, -0.1) is 0 Å². The molecule has 60 heavy (non-hydrogen) atoms. The Hall–Kier alpha value is -5.52. The maximum atomic E-state index is 18.3. The third-order valence-electron chi connectivity index (χ3n) is 11.4. The Labute approximate surface area is 350 Å². The molecule has 3 amide bonds. The van der Waals surface area contributed by atoms with E-state index in [1.807, 2.05) is 55.4 Å². The summed E-state index contributed by atoms with van der Waals surface area (Å²) in [5.41, 5.74) is -1.10. The molecule has 1 aromatic heterocycles. The molecule has 1 unspecified atom stereocenters. The molecule has 3 aliphatic heterocycles. The maximum absolute atomic E-state index is 18.3. The summed E-state index contributed by atoms with van der Waals surface area (Å²) in [6.07, 6.45) is 0.198. The van der Waals surface area contributed by atoms with Gasteiger partial charge in [0, 0.05) is 62.3 Å². The van der Waals surface area contributed by atoms with Crippen LogP contribution >= 0.6 is 0 Å². The van der Waals surface area contributed by atoms with Crippen molar-refractivity contribution in [2.75, 3.05) is 64.0 Å². The minimum atomic E-state index is -1.48. The highest BCUT2D eigenvalue weighted by Gasteiger charge is 2.59. The zero-order valence-corrected chi connectivity index (χ0v) is 36.1. The second-order valence-electron chi connectivity index (χ2n) is 18.3. The van der Waals surface area contributed by atoms with Crippen molar-refractivity contribution >= 4 is 51.3 Å². The van der Waals surface area contributed by atoms with Gasteiger partial charge in [-0.05, 0) is 121 Å². The van der Waals surface area contributed by atoms with Crippen molar-refractivity contribution in [3.05, 3.63) is 59.4 Å². The van der Waals surface area contributed by atoms with Gasteiger partial charge in [0.2, 0.25) is 5.91 Å². The molecule has 13 nitrogen and oxygen atoms in total. The predicted octanol–water partition coefficient (Wildman–Crippen LogP) is 8.32. The number of halogens is 1. The highest BCUT2D eigenvalue weighted by molar-refractivity contribution is 6.26. The van der Waals surface area contributed by atoms with Crippen LogP contribution in [0.2, 0.25) is 0 Å². The van der Waals surface area contributed by atoms with E-state index in [4.69, 9.17) is 23.9 Å². The molecule has 2 fully saturated rings. The molecule has 4 heterocycles. The molecule has 0 radical (unpaired) electrons. The minimum absolute atomic E-state index is 0.0155. The molecule has 1 spiro atoms. The third kappa shape index (κ3) is 7.92. The van der Waals surface area contributed by atoms with Crippen molar-refractivity contribution in [2.24, 2.45) is 0 Å². The number of likely N-dealkylation sites (N-methyl/N-ethyl adjacent to an activating group) is 1. The van der Waals surface area contributed by atoms with E-state index in [9.17, 15) is 14.9 Å². The maximum Gasteiger partial charge on any atom is 0.421 e. The highest BCUT2D eigenvalue weighted by atomic mass is 19.1. The largest absolute Gasteiger partial charge is 0.468 e. The number of methoxy groups -OCH3 is 1. The summed E-state index contributed by atoms with van der Waals surface area (Å²) in [5.74, 6) is -0.414. The number of unbranched alkanes of at least 4 members (excludes halogenated alkanes) is 1. The number of carbonyl (C=O) groups is 3. The standard InChI is InChI=1S/C46H55FN6O7/c1-44(2,3)59-42(55)51-20-14-18-46(26-51)36-34-22-29(16-12-13-19-48)35(33-23-31(58-27-57-9)21-28-15-10-11-17-32(28)33)37(47)38(34)49-40(52-24-30(25-52)50(7)8)39(36)53(41(46)54)43(56)60-45(4,5)6/h10-11,15,17,21-23,30H,12-14,16,18,20,24-27H2,1-9H3. The van der Waals surface area contributed by atoms with Crippen molar-refractivity contribution in [3.63, 3.8) is 0 Å². The Morgan fingerprint density at radius 3 is 2.38 bits per heavy atom. The van der Waals surface area contributed by atoms with E-state index in [-0.39, 0.29) is 49.2 Å². The van der Waals surface area contributed by atoms with Gasteiger partial charge in [-0.1, -0.05) is 24.3 Å². The van der Waals surface area contributed by atoms with Crippen LogP contribution < -0.4 is 14.5 Å². The molecule has 0 saturated carbocycles. The number of piperidine rings is 1. The SMILES string of the molecule is COCOc1cc(-c2c(CCCC#N)cc3c4c(c(N5CC(N(C)C)C5)nc3c2F)N(C(=O)OC(C)(C)C)C(=O)C42CCCN(C(=O)OC(C)(C)C)C2)c2ccccc2c1. The summed E-state index contributed by atoms with van der Waals surface area (Å²) in [7, 11) is 5.49. The summed E-state index contributed by atoms with van der Waals surface area (Å²) in [5, 5.41) is 11.6. The van der Waals surface area contributed by atoms with E-state index < -0.39 is 40.5 Å². The normalized spacial score (nSPS) is 18.3. The number of imide groups is 1. The minimum Gasteiger partial charge on any atom is -0.468 e. The topological polar surface area (TPSA) is 138 Å². The summed E-state index contributed by atoms with van der Waals surface area (Å²) in [4.78, 5) is 55.4. The van der Waals surface area contributed by atoms with Crippen LogP contribution in [0.1, 0.15) is 78.4 Å². The number of hydrogen-bond acceptors (Lipinski definition) is 11. The Balaban J connectivity index is 1.57. The summed E-state index contributed by atoms with van der Waals surface area (Å²) in [6.45, 7) is 11.7. The van der Waals surface area contributed by atoms with Crippen LogP contribution in [-0.4, -0.2) is 104 Å². The van der Waals surface area contributed by atoms with Gasteiger partial charge in [-0.25, -0.2) is 23.9 Å². The molecule has 318 valence electrons. The van der Waals surface area contributed by atoms with E-state index in [1.165, 1.54) is 12.0 Å². The fourth-order valence-corrected chi connectivity index (χ4v) is 8.63. The lowest BCUT2D eigenvalue weighted by molar-refractivity contribution is -0.124. The van der Waals surface area contributed by atoms with Crippen molar-refractivity contribution < 1.29 is 37.7 Å². The zero-order chi connectivity index (χ0) is 43.3. The second kappa shape index (κ2) is 16.2. The van der Waals surface area contributed by atoms with Crippen LogP contribution in [0.4, 0.5) is 25.5 Å². The first-order valence-corrected chi connectivity index (χ1v) is 20.6. The Kier molecular flexibility index (Phi) is 11.5. The summed E-state index contributed by atoms with van der Waals surface area (Å²) >= 11 is 0. The van der Waals surface area contributed by atoms with Crippen molar-refractivity contribution in [2.45, 2.75) is 96.3 Å². The molecule has 14 heteroatoms. The number of nitrogens with zero attached hydrogens (tertiary/aromatic N) is 6. The van der Waals surface area contributed by atoms with Crippen LogP contribution in [-0.2, 0) is 30.8 Å². The number of amides is 3. The van der Waals surface area contributed by atoms with Crippen LogP contribution in [0, 0.1) is 17.1 Å². The van der Waals surface area contributed by atoms with Gasteiger partial charge in [-0.2, -0.15) is 5.26 Å². The Morgan fingerprint density at radius 2 is 1.72 bits per heavy atom. The Morgan fingerprint density at radius 1 is 1.02 bits per heavy atom. The molecule has 4 aromatic rings. The van der Waals surface area contributed by atoms with Crippen molar-refractivity contribution in [1.82, 2.24) is 14.8 Å². The van der Waals surface area contributed by atoms with E-state index in [0.29, 0.717) is 72.3 Å². The molecule has 3 aromatic carbocycles.